The summed E-state index contributed by atoms with van der Waals surface area (Å²) in [5.74, 6) is 0.129. The highest BCUT2D eigenvalue weighted by molar-refractivity contribution is 5.76. The molecule has 0 aliphatic carbocycles. The highest BCUT2D eigenvalue weighted by atomic mass is 16.5. The quantitative estimate of drug-likeness (QED) is 0.702. The fraction of sp³-hybridized carbons (Fsp3) is 0.833. The third kappa shape index (κ3) is 10.4. The van der Waals surface area contributed by atoms with Crippen molar-refractivity contribution in [2.75, 3.05) is 6.61 Å². The summed E-state index contributed by atoms with van der Waals surface area (Å²) in [7, 11) is 0. The minimum absolute atomic E-state index is 0.116. The summed E-state index contributed by atoms with van der Waals surface area (Å²) in [6, 6.07) is 0. The van der Waals surface area contributed by atoms with Gasteiger partial charge in [-0.2, -0.15) is 0 Å². The average Bonchev–Trinajstić information content (AvgIpc) is 2.82. The molecule has 0 aliphatic heterocycles. The smallest absolute Gasteiger partial charge is 0.220 e. The third-order valence-corrected chi connectivity index (χ3v) is 3.28. The van der Waals surface area contributed by atoms with Crippen LogP contribution in [0.15, 0.2) is 6.20 Å². The molecule has 6 nitrogen and oxygen atoms in total. The molecule has 0 spiro atoms. The first-order valence-corrected chi connectivity index (χ1v) is 8.89. The number of hydrogen-bond acceptors (Lipinski definition) is 4. The van der Waals surface area contributed by atoms with Crippen LogP contribution < -0.4 is 5.32 Å². The molecular formula is C18H34N4O2. The second-order valence-corrected chi connectivity index (χ2v) is 8.29. The Morgan fingerprint density at radius 2 is 1.88 bits per heavy atom. The van der Waals surface area contributed by atoms with Crippen molar-refractivity contribution < 1.29 is 9.53 Å². The molecule has 0 unspecified atom stereocenters. The average molecular weight is 338 g/mol. The van der Waals surface area contributed by atoms with Crippen molar-refractivity contribution in [3.63, 3.8) is 0 Å². The maximum absolute atomic E-state index is 11.7. The summed E-state index contributed by atoms with van der Waals surface area (Å²) in [6.45, 7) is 13.6. The van der Waals surface area contributed by atoms with Crippen LogP contribution in [-0.2, 0) is 22.5 Å². The number of nitrogens with one attached hydrogen (secondary N) is 1. The molecule has 0 aromatic carbocycles. The Morgan fingerprint density at radius 3 is 2.50 bits per heavy atom. The van der Waals surface area contributed by atoms with E-state index >= 15 is 0 Å². The molecule has 0 bridgehead atoms. The van der Waals surface area contributed by atoms with Gasteiger partial charge in [0, 0.05) is 31.1 Å². The van der Waals surface area contributed by atoms with E-state index < -0.39 is 0 Å². The van der Waals surface area contributed by atoms with E-state index in [0.717, 1.165) is 37.9 Å². The van der Waals surface area contributed by atoms with Crippen LogP contribution in [0.25, 0.3) is 0 Å². The minimum Gasteiger partial charge on any atom is -0.375 e. The van der Waals surface area contributed by atoms with Crippen LogP contribution in [-0.4, -0.2) is 38.6 Å². The molecule has 0 saturated carbocycles. The zero-order valence-electron chi connectivity index (χ0n) is 16.2. The molecular weight excluding hydrogens is 304 g/mol. The van der Waals surface area contributed by atoms with Crippen molar-refractivity contribution in [2.45, 2.75) is 91.3 Å². The fourth-order valence-corrected chi connectivity index (χ4v) is 2.24. The first kappa shape index (κ1) is 20.6. The monoisotopic (exact) mass is 338 g/mol. The number of aryl methyl sites for hydroxylation is 1. The molecule has 0 radical (unpaired) electrons. The maximum Gasteiger partial charge on any atom is 0.220 e. The Balaban J connectivity index is 2.15. The van der Waals surface area contributed by atoms with E-state index in [2.05, 4.69) is 15.6 Å². The lowest BCUT2D eigenvalue weighted by molar-refractivity contribution is -0.122. The predicted molar refractivity (Wildman–Crippen MR) is 95.8 cm³/mol. The van der Waals surface area contributed by atoms with Gasteiger partial charge in [0.15, 0.2) is 0 Å². The van der Waals surface area contributed by atoms with Crippen LogP contribution in [0.4, 0.5) is 0 Å². The van der Waals surface area contributed by atoms with Gasteiger partial charge in [0.05, 0.1) is 17.9 Å². The van der Waals surface area contributed by atoms with Crippen LogP contribution in [0.1, 0.15) is 72.9 Å². The van der Waals surface area contributed by atoms with Crippen LogP contribution >= 0.6 is 0 Å². The topological polar surface area (TPSA) is 69.0 Å². The molecule has 1 aromatic rings. The first-order valence-electron chi connectivity index (χ1n) is 8.89. The Hall–Kier alpha value is -1.43. The number of ether oxygens (including phenoxy) is 1. The Bertz CT molecular complexity index is 498. The summed E-state index contributed by atoms with van der Waals surface area (Å²) in [4.78, 5) is 11.7. The minimum atomic E-state index is -0.148. The number of amides is 1. The third-order valence-electron chi connectivity index (χ3n) is 3.28. The van der Waals surface area contributed by atoms with Crippen molar-refractivity contribution in [1.82, 2.24) is 20.3 Å². The normalized spacial score (nSPS) is 12.4. The lowest BCUT2D eigenvalue weighted by atomic mass is 10.1. The van der Waals surface area contributed by atoms with Gasteiger partial charge in [-0.25, -0.2) is 0 Å². The number of carbonyl (C=O) groups is 1. The highest BCUT2D eigenvalue weighted by Gasteiger charge is 2.13. The van der Waals surface area contributed by atoms with E-state index in [1.165, 1.54) is 0 Å². The molecule has 0 saturated heterocycles. The standard InChI is InChI=1S/C18H34N4O2/c1-17(2,3)19-16(23)10-8-7-9-12-22-14-15(20-21-22)11-13-24-18(4,5)6/h14H,7-13H2,1-6H3,(H,19,23). The molecule has 0 atom stereocenters. The molecule has 1 N–H and O–H groups in total. The van der Waals surface area contributed by atoms with E-state index in [0.29, 0.717) is 13.0 Å². The van der Waals surface area contributed by atoms with Gasteiger partial charge in [-0.15, -0.1) is 5.10 Å². The summed E-state index contributed by atoms with van der Waals surface area (Å²) in [5.41, 5.74) is 0.698. The summed E-state index contributed by atoms with van der Waals surface area (Å²) in [5, 5.41) is 11.3. The zero-order chi connectivity index (χ0) is 18.2. The van der Waals surface area contributed by atoms with Gasteiger partial charge in [0.25, 0.3) is 0 Å². The number of rotatable bonds is 9. The molecule has 138 valence electrons. The molecule has 1 aromatic heterocycles. The molecule has 24 heavy (non-hydrogen) atoms. The Morgan fingerprint density at radius 1 is 1.17 bits per heavy atom. The van der Waals surface area contributed by atoms with E-state index in [4.69, 9.17) is 4.74 Å². The molecule has 0 aliphatic rings. The lowest BCUT2D eigenvalue weighted by Crippen LogP contribution is -2.40. The van der Waals surface area contributed by atoms with Crippen LogP contribution in [0.2, 0.25) is 0 Å². The number of aromatic nitrogens is 3. The second-order valence-electron chi connectivity index (χ2n) is 8.29. The van der Waals surface area contributed by atoms with Gasteiger partial charge in [0.2, 0.25) is 5.91 Å². The van der Waals surface area contributed by atoms with Crippen LogP contribution in [0, 0.1) is 0 Å². The van der Waals surface area contributed by atoms with Gasteiger partial charge in [0.1, 0.15) is 0 Å². The first-order chi connectivity index (χ1) is 11.1. The maximum atomic E-state index is 11.7. The number of hydrogen-bond donors (Lipinski definition) is 1. The van der Waals surface area contributed by atoms with Crippen LogP contribution in [0.5, 0.6) is 0 Å². The van der Waals surface area contributed by atoms with Crippen molar-refractivity contribution in [2.24, 2.45) is 0 Å². The van der Waals surface area contributed by atoms with Crippen molar-refractivity contribution in [1.29, 1.82) is 0 Å². The zero-order valence-corrected chi connectivity index (χ0v) is 16.2. The van der Waals surface area contributed by atoms with Gasteiger partial charge < -0.3 is 10.1 Å². The van der Waals surface area contributed by atoms with Crippen LogP contribution in [0.3, 0.4) is 0 Å². The largest absolute Gasteiger partial charge is 0.375 e. The lowest BCUT2D eigenvalue weighted by Gasteiger charge is -2.20. The Kier molecular flexibility index (Phi) is 7.87. The van der Waals surface area contributed by atoms with Gasteiger partial charge in [-0.3, -0.25) is 9.48 Å². The van der Waals surface area contributed by atoms with E-state index in [1.54, 1.807) is 0 Å². The highest BCUT2D eigenvalue weighted by Crippen LogP contribution is 2.08. The van der Waals surface area contributed by atoms with E-state index in [1.807, 2.05) is 52.4 Å². The van der Waals surface area contributed by atoms with Crippen molar-refractivity contribution >= 4 is 5.91 Å². The second kappa shape index (κ2) is 9.16. The molecule has 1 amide bonds. The predicted octanol–water partition coefficient (Wildman–Crippen LogP) is 3.11. The summed E-state index contributed by atoms with van der Waals surface area (Å²) in [6.07, 6.45) is 6.28. The number of unbranched alkanes of at least 4 members (excludes halogenated alkanes) is 2. The van der Waals surface area contributed by atoms with Crippen molar-refractivity contribution in [3.05, 3.63) is 11.9 Å². The molecule has 6 heteroatoms. The van der Waals surface area contributed by atoms with E-state index in [9.17, 15) is 4.79 Å². The SMILES string of the molecule is CC(C)(C)NC(=O)CCCCCn1cc(CCOC(C)(C)C)nn1. The van der Waals surface area contributed by atoms with Gasteiger partial charge in [-0.1, -0.05) is 11.6 Å². The number of carbonyl (C=O) groups excluding carboxylic acids is 1. The fourth-order valence-electron chi connectivity index (χ4n) is 2.24. The van der Waals surface area contributed by atoms with Crippen molar-refractivity contribution in [3.8, 4) is 0 Å². The Labute approximate surface area is 146 Å². The molecule has 1 heterocycles. The molecule has 0 fully saturated rings. The van der Waals surface area contributed by atoms with E-state index in [-0.39, 0.29) is 17.0 Å². The van der Waals surface area contributed by atoms with Gasteiger partial charge in [-0.05, 0) is 54.4 Å². The summed E-state index contributed by atoms with van der Waals surface area (Å²) < 4.78 is 7.57. The number of nitrogens with zero attached hydrogens (tertiary/aromatic N) is 3. The molecule has 1 rings (SSSR count). The van der Waals surface area contributed by atoms with Gasteiger partial charge >= 0.3 is 0 Å². The summed E-state index contributed by atoms with van der Waals surface area (Å²) >= 11 is 0.